The van der Waals surface area contributed by atoms with Gasteiger partial charge in [0.05, 0.1) is 64.3 Å². The van der Waals surface area contributed by atoms with E-state index in [0.717, 1.165) is 141 Å². The number of fused-ring (bicyclic) bond motifs is 3. The number of para-hydroxylation sites is 1. The van der Waals surface area contributed by atoms with E-state index in [1.54, 1.807) is 55.8 Å². The van der Waals surface area contributed by atoms with Gasteiger partial charge in [-0.2, -0.15) is 4.98 Å². The number of anilines is 7. The molecule has 27 nitrogen and oxygen atoms in total. The van der Waals surface area contributed by atoms with Gasteiger partial charge in [-0.25, -0.2) is 67.2 Å². The summed E-state index contributed by atoms with van der Waals surface area (Å²) in [5, 5.41) is 13.1. The third kappa shape index (κ3) is 20.6. The van der Waals surface area contributed by atoms with Crippen LogP contribution in [0.5, 0.6) is 0 Å². The second-order valence-electron chi connectivity index (χ2n) is 26.6. The van der Waals surface area contributed by atoms with Crippen LogP contribution >= 0.6 is 11.6 Å². The smallest absolute Gasteiger partial charge is 0.268 e. The minimum absolute atomic E-state index is 0.0480. The fourth-order valence-electron chi connectivity index (χ4n) is 12.6. The number of pyridine rings is 1. The van der Waals surface area contributed by atoms with E-state index in [2.05, 4.69) is 158 Å². The number of nitrogens with two attached hydrogens (primary N) is 6. The number of aliphatic imine (C=N–C) groups is 2. The molecule has 0 spiro atoms. The molecule has 6 aromatic carbocycles. The fraction of sp³-hybridized carbons (Fsp3) is 0.198. The van der Waals surface area contributed by atoms with E-state index >= 15 is 0 Å². The second kappa shape index (κ2) is 37.6. The summed E-state index contributed by atoms with van der Waals surface area (Å²) in [6.07, 6.45) is 11.2. The highest BCUT2D eigenvalue weighted by atomic mass is 35.5. The maximum Gasteiger partial charge on any atom is 0.268 e. The Morgan fingerprint density at radius 2 is 0.948 bits per heavy atom. The van der Waals surface area contributed by atoms with E-state index in [9.17, 15) is 13.2 Å². The number of H-pyrrole nitrogens is 1. The van der Waals surface area contributed by atoms with Crippen molar-refractivity contribution in [2.45, 2.75) is 112 Å². The van der Waals surface area contributed by atoms with Crippen LogP contribution in [-0.2, 0) is 61.8 Å². The molecule has 0 aliphatic carbocycles. The van der Waals surface area contributed by atoms with Crippen molar-refractivity contribution in [2.24, 2.45) is 9.98 Å². The van der Waals surface area contributed by atoms with Crippen LogP contribution < -0.4 is 45.3 Å². The molecule has 0 radical (unpaired) electrons. The number of benzene rings is 6. The van der Waals surface area contributed by atoms with Gasteiger partial charge < -0.3 is 49.8 Å². The Bertz CT molecular complexity index is 6000. The summed E-state index contributed by atoms with van der Waals surface area (Å²) in [5.41, 5.74) is 59.4. The lowest BCUT2D eigenvalue weighted by atomic mass is 9.96. The predicted octanol–water partition coefficient (Wildman–Crippen LogP) is 14.0. The monoisotopic (exact) mass is 1580 g/mol. The lowest BCUT2D eigenvalue weighted by Crippen LogP contribution is -2.11. The average molecular weight is 1580 g/mol. The van der Waals surface area contributed by atoms with E-state index in [1.165, 1.54) is 61.1 Å². The Kier molecular flexibility index (Phi) is 27.0. The molecule has 14 aromatic rings. The van der Waals surface area contributed by atoms with Crippen LogP contribution in [0.1, 0.15) is 108 Å². The summed E-state index contributed by atoms with van der Waals surface area (Å²) in [4.78, 5) is 72.8. The van der Waals surface area contributed by atoms with Crippen molar-refractivity contribution in [2.75, 3.05) is 46.8 Å². The first-order valence-electron chi connectivity index (χ1n) is 37.2. The molecule has 29 heteroatoms. The molecule has 2 aliphatic rings. The van der Waals surface area contributed by atoms with Crippen LogP contribution in [0.2, 0.25) is 5.02 Å². The first-order chi connectivity index (χ1) is 55.4. The van der Waals surface area contributed by atoms with Crippen molar-refractivity contribution in [3.8, 4) is 67.5 Å². The number of hydrogen-bond donors (Lipinski definition) is 9. The molecule has 0 unspecified atom stereocenters. The van der Waals surface area contributed by atoms with Gasteiger partial charge in [0.15, 0.2) is 0 Å². The van der Waals surface area contributed by atoms with E-state index in [0.29, 0.717) is 51.4 Å². The number of hydrogen-bond acceptors (Lipinski definition) is 25. The van der Waals surface area contributed by atoms with Crippen molar-refractivity contribution < 1.29 is 13.5 Å². The molecule has 0 atom stereocenters. The number of nitrogen functional groups attached to an aromatic ring is 6. The third-order valence-corrected chi connectivity index (χ3v) is 20.6. The van der Waals surface area contributed by atoms with Gasteiger partial charge in [0.2, 0.25) is 41.2 Å². The molecular formula is C86H90ClN23O4S. The highest BCUT2D eigenvalue weighted by Gasteiger charge is 2.24. The Balaban J connectivity index is 0.000000138. The maximum atomic E-state index is 13.2. The lowest BCUT2D eigenvalue weighted by Gasteiger charge is -2.10. The van der Waals surface area contributed by atoms with E-state index in [-0.39, 0.29) is 29.0 Å². The van der Waals surface area contributed by atoms with Crippen molar-refractivity contribution in [3.63, 3.8) is 0 Å². The molecule has 0 saturated carbocycles. The van der Waals surface area contributed by atoms with E-state index in [4.69, 9.17) is 51.1 Å². The normalized spacial score (nSPS) is 11.5. The third-order valence-electron chi connectivity index (χ3n) is 18.7. The van der Waals surface area contributed by atoms with Gasteiger partial charge in [0.25, 0.3) is 10.0 Å². The van der Waals surface area contributed by atoms with Crippen LogP contribution in [0.4, 0.5) is 41.5 Å². The summed E-state index contributed by atoms with van der Waals surface area (Å²) < 4.78 is 27.7. The quantitative estimate of drug-likeness (QED) is 0.0460. The molecule has 0 bridgehead atoms. The molecule has 115 heavy (non-hydrogen) atoms. The number of aromatic nitrogens is 14. The summed E-state index contributed by atoms with van der Waals surface area (Å²) in [5.74, 6) is 2.20. The Morgan fingerprint density at radius 1 is 0.470 bits per heavy atom. The Morgan fingerprint density at radius 3 is 1.49 bits per heavy atom. The second-order valence-corrected chi connectivity index (χ2v) is 28.8. The molecule has 586 valence electrons. The molecule has 8 aromatic heterocycles. The molecule has 16 rings (SSSR count). The summed E-state index contributed by atoms with van der Waals surface area (Å²) in [6, 6.07) is 52.3. The summed E-state index contributed by atoms with van der Waals surface area (Å²) >= 11 is 5.90. The molecule has 0 fully saturated rings. The SMILES string of the molecule is CCc1cc(-c2cc3c(cc2C)CN=C3)nc(N)n1.CCc1cc(-c2ccc(=O)[nH]c2)nc(N)n1.CCc1cc(-c2ccc(CO)cc2)nc(N)n1.CCc1cc(-c2ccc3c(c2C)C=NC3)nc(N)n1.CCc1cc(-c2ccccc2C)nc(N)n1.CNc1cc(-c2cn(S(=O)(=O)c3ccc(Cl)cc3)c3ccccc23)nc(N)n1. The van der Waals surface area contributed by atoms with Gasteiger partial charge in [-0.05, 0) is 165 Å². The first-order valence-corrected chi connectivity index (χ1v) is 39.0. The van der Waals surface area contributed by atoms with Crippen molar-refractivity contribution in [3.05, 3.63) is 271 Å². The summed E-state index contributed by atoms with van der Waals surface area (Å²) in [7, 11) is -2.11. The fourth-order valence-corrected chi connectivity index (χ4v) is 14.1. The zero-order valence-corrected chi connectivity index (χ0v) is 66.8. The van der Waals surface area contributed by atoms with Crippen LogP contribution in [-0.4, -0.2) is 102 Å². The number of rotatable bonds is 15. The molecule has 10 heterocycles. The Labute approximate surface area is 671 Å². The number of nitrogens with one attached hydrogen (secondary N) is 2. The zero-order valence-electron chi connectivity index (χ0n) is 65.3. The minimum atomic E-state index is -3.83. The first kappa shape index (κ1) is 82.4. The van der Waals surface area contributed by atoms with E-state index < -0.39 is 10.0 Å². The van der Waals surface area contributed by atoms with Gasteiger partial charge in [0.1, 0.15) is 5.82 Å². The lowest BCUT2D eigenvalue weighted by molar-refractivity contribution is 0.282. The highest BCUT2D eigenvalue weighted by Crippen LogP contribution is 2.35. The topological polar surface area (TPSA) is 440 Å². The number of aliphatic hydroxyl groups excluding tert-OH is 1. The standard InChI is InChI=1S/C19H16ClN5O2S.2C15H16N4.C13H15N3O.C13H15N3.C11H12N4O/c1-22-18-10-16(23-19(21)24-18)15-11-25(17-5-3-2-4-14(15)17)28(26,27)13-8-6-12(20)7-9-13;1-3-12-6-14(19-15(16)18-12)13-5-11-8-17-7-10(11)4-9(13)2;1-3-11-6-14(19-15(16)18-11)12-5-4-10-7-17-8-13(10)9(12)2;1-2-11-7-12(16-13(14)15-11)10-5-3-9(8-17)4-6-10;1-3-10-8-12(16-13(14)15-10)11-7-5-4-6-9(11)2;1-2-8-5-9(15-11(12)14-8)7-3-4-10(16)13-6-7/h2-11H,1H3,(H3,21,22,23,24);2*4-6,8H,3,7H2,1-2H3,(H2,16,18,19);3-7,17H,2,8H2,1H3,(H2,14,15,16);4-8H,3H2,1-2H3,(H2,14,15,16);3-6H,2H2,1H3,(H,13,16)(H2,12,14,15). The molecule has 2 aliphatic heterocycles. The van der Waals surface area contributed by atoms with Gasteiger partial charge >= 0.3 is 0 Å². The van der Waals surface area contributed by atoms with Crippen molar-refractivity contribution in [1.82, 2.24) is 68.8 Å². The Hall–Kier alpha value is -13.6. The molecule has 0 amide bonds. The highest BCUT2D eigenvalue weighted by molar-refractivity contribution is 7.90. The number of aryl methyl sites for hydroxylation is 7. The van der Waals surface area contributed by atoms with Gasteiger partial charge in [-0.3, -0.25) is 14.8 Å². The number of aromatic amines is 1. The minimum Gasteiger partial charge on any atom is -0.392 e. The largest absolute Gasteiger partial charge is 0.392 e. The zero-order chi connectivity index (χ0) is 82.0. The number of halogens is 1. The van der Waals surface area contributed by atoms with Gasteiger partial charge in [-0.1, -0.05) is 131 Å². The van der Waals surface area contributed by atoms with E-state index in [1.807, 2.05) is 105 Å². The number of aliphatic hydroxyl groups is 1. The summed E-state index contributed by atoms with van der Waals surface area (Å²) in [6.45, 7) is 18.1. The van der Waals surface area contributed by atoms with Crippen LogP contribution in [0.3, 0.4) is 0 Å². The molecule has 15 N–H and O–H groups in total. The van der Waals surface area contributed by atoms with Crippen molar-refractivity contribution >= 4 is 86.5 Å². The van der Waals surface area contributed by atoms with Crippen LogP contribution in [0.25, 0.3) is 78.4 Å². The van der Waals surface area contributed by atoms with Crippen molar-refractivity contribution in [1.29, 1.82) is 0 Å². The molecular weight excluding hydrogens is 1490 g/mol. The van der Waals surface area contributed by atoms with Gasteiger partial charge in [0, 0.05) is 122 Å². The van der Waals surface area contributed by atoms with Gasteiger partial charge in [-0.15, -0.1) is 0 Å². The molecule has 0 saturated heterocycles. The van der Waals surface area contributed by atoms with Crippen LogP contribution in [0.15, 0.2) is 202 Å². The average Bonchev–Trinajstić information content (AvgIpc) is 1.60. The maximum absolute atomic E-state index is 13.2. The number of nitrogens with zero attached hydrogens (tertiary/aromatic N) is 15. The van der Waals surface area contributed by atoms with Crippen LogP contribution in [0, 0.1) is 20.8 Å². The predicted molar refractivity (Wildman–Crippen MR) is 461 cm³/mol.